The van der Waals surface area contributed by atoms with Gasteiger partial charge in [-0.15, -0.1) is 22.0 Å². The van der Waals surface area contributed by atoms with Crippen LogP contribution in [0.4, 0.5) is 0 Å². The van der Waals surface area contributed by atoms with Gasteiger partial charge in [0.25, 0.3) is 0 Å². The maximum absolute atomic E-state index is 5.76. The van der Waals surface area contributed by atoms with Crippen molar-refractivity contribution in [2.24, 2.45) is 0 Å². The van der Waals surface area contributed by atoms with E-state index in [4.69, 9.17) is 8.83 Å². The van der Waals surface area contributed by atoms with E-state index < -0.39 is 0 Å². The Bertz CT molecular complexity index is 1260. The number of hydrogen-bond donors (Lipinski definition) is 0. The molecule has 0 unspecified atom stereocenters. The number of aromatic nitrogens is 2. The van der Waals surface area contributed by atoms with Crippen LogP contribution in [0.25, 0.3) is 33.6 Å². The van der Waals surface area contributed by atoms with Gasteiger partial charge < -0.3 is 8.83 Å². The summed E-state index contributed by atoms with van der Waals surface area (Å²) >= 11 is 1.83. The lowest BCUT2D eigenvalue weighted by Gasteiger charge is -2.04. The summed E-state index contributed by atoms with van der Waals surface area (Å²) in [5.74, 6) is 2.03. The number of rotatable bonds is 5. The molecule has 0 aliphatic carbocycles. The Balaban J connectivity index is 1.41. The Kier molecular flexibility index (Phi) is 4.66. The highest BCUT2D eigenvalue weighted by atomic mass is 32.2. The van der Waals surface area contributed by atoms with Gasteiger partial charge in [0, 0.05) is 34.1 Å². The molecule has 5 aromatic rings. The molecule has 3 aromatic carbocycles. The molecule has 4 nitrogen and oxygen atoms in total. The molecule has 0 fully saturated rings. The summed E-state index contributed by atoms with van der Waals surface area (Å²) < 4.78 is 11.3. The molecule has 0 atom stereocenters. The summed E-state index contributed by atoms with van der Waals surface area (Å²) in [5, 5.41) is 9.07. The Hall–Kier alpha value is -3.31. The Morgan fingerprint density at radius 3 is 2.41 bits per heavy atom. The molecule has 142 valence electrons. The molecule has 2 heterocycles. The quantitative estimate of drug-likeness (QED) is 0.306. The normalized spacial score (nSPS) is 11.2. The molecule has 5 heteroatoms. The SMILES string of the molecule is Cc1nnc(-c2ccc3occ(-c4ccc(SCc5ccccc5)cc4)c3c2)o1. The van der Waals surface area contributed by atoms with E-state index in [0.29, 0.717) is 11.8 Å². The van der Waals surface area contributed by atoms with Crippen LogP contribution in [0, 0.1) is 6.92 Å². The molecular formula is C24H18N2O2S. The summed E-state index contributed by atoms with van der Waals surface area (Å²) in [6.07, 6.45) is 1.81. The monoisotopic (exact) mass is 398 g/mol. The maximum Gasteiger partial charge on any atom is 0.247 e. The Morgan fingerprint density at radius 2 is 1.66 bits per heavy atom. The number of hydrogen-bond acceptors (Lipinski definition) is 5. The Labute approximate surface area is 172 Å². The number of nitrogens with zero attached hydrogens (tertiary/aromatic N) is 2. The Morgan fingerprint density at radius 1 is 0.862 bits per heavy atom. The molecule has 0 spiro atoms. The zero-order valence-corrected chi connectivity index (χ0v) is 16.6. The zero-order chi connectivity index (χ0) is 19.6. The first-order valence-electron chi connectivity index (χ1n) is 9.35. The van der Waals surface area contributed by atoms with Crippen LogP contribution >= 0.6 is 11.8 Å². The zero-order valence-electron chi connectivity index (χ0n) is 15.8. The second-order valence-electron chi connectivity index (χ2n) is 6.79. The van der Waals surface area contributed by atoms with Gasteiger partial charge in [-0.25, -0.2) is 0 Å². The number of thioether (sulfide) groups is 1. The van der Waals surface area contributed by atoms with Crippen molar-refractivity contribution >= 4 is 22.7 Å². The number of fused-ring (bicyclic) bond motifs is 1. The van der Waals surface area contributed by atoms with E-state index in [9.17, 15) is 0 Å². The smallest absolute Gasteiger partial charge is 0.247 e. The minimum atomic E-state index is 0.518. The van der Waals surface area contributed by atoms with E-state index in [1.54, 1.807) is 13.2 Å². The summed E-state index contributed by atoms with van der Waals surface area (Å²) in [6, 6.07) is 25.0. The molecular weight excluding hydrogens is 380 g/mol. The van der Waals surface area contributed by atoms with Gasteiger partial charge in [0.1, 0.15) is 5.58 Å². The van der Waals surface area contributed by atoms with E-state index in [-0.39, 0.29) is 0 Å². The summed E-state index contributed by atoms with van der Waals surface area (Å²) in [7, 11) is 0. The number of aryl methyl sites for hydroxylation is 1. The number of benzene rings is 3. The lowest BCUT2D eigenvalue weighted by atomic mass is 10.0. The predicted octanol–water partition coefficient (Wildman–Crippen LogP) is 6.75. The van der Waals surface area contributed by atoms with Gasteiger partial charge in [0.2, 0.25) is 11.8 Å². The highest BCUT2D eigenvalue weighted by molar-refractivity contribution is 7.98. The second kappa shape index (κ2) is 7.60. The largest absolute Gasteiger partial charge is 0.464 e. The van der Waals surface area contributed by atoms with E-state index in [1.165, 1.54) is 10.5 Å². The van der Waals surface area contributed by atoms with Crippen LogP contribution < -0.4 is 0 Å². The van der Waals surface area contributed by atoms with Crippen molar-refractivity contribution in [2.45, 2.75) is 17.6 Å². The van der Waals surface area contributed by atoms with Gasteiger partial charge in [-0.05, 0) is 41.5 Å². The molecule has 0 saturated heterocycles. The fourth-order valence-corrected chi connectivity index (χ4v) is 4.12. The van der Waals surface area contributed by atoms with Crippen LogP contribution in [0.15, 0.2) is 92.8 Å². The second-order valence-corrected chi connectivity index (χ2v) is 7.83. The molecule has 0 aliphatic heterocycles. The van der Waals surface area contributed by atoms with Gasteiger partial charge in [-0.2, -0.15) is 0 Å². The van der Waals surface area contributed by atoms with Crippen LogP contribution in [0.3, 0.4) is 0 Å². The molecule has 0 amide bonds. The van der Waals surface area contributed by atoms with Gasteiger partial charge in [-0.1, -0.05) is 42.5 Å². The van der Waals surface area contributed by atoms with E-state index in [1.807, 2.05) is 36.0 Å². The van der Waals surface area contributed by atoms with E-state index in [0.717, 1.165) is 33.4 Å². The third-order valence-corrected chi connectivity index (χ3v) is 5.84. The number of furan rings is 1. The van der Waals surface area contributed by atoms with Crippen LogP contribution in [0.1, 0.15) is 11.5 Å². The highest BCUT2D eigenvalue weighted by Gasteiger charge is 2.12. The van der Waals surface area contributed by atoms with Crippen molar-refractivity contribution in [1.82, 2.24) is 10.2 Å². The average molecular weight is 398 g/mol. The van der Waals surface area contributed by atoms with Crippen molar-refractivity contribution in [1.29, 1.82) is 0 Å². The topological polar surface area (TPSA) is 52.1 Å². The third kappa shape index (κ3) is 3.69. The summed E-state index contributed by atoms with van der Waals surface area (Å²) in [5.41, 5.74) is 5.22. The molecule has 0 radical (unpaired) electrons. The first kappa shape index (κ1) is 17.8. The van der Waals surface area contributed by atoms with Gasteiger partial charge in [-0.3, -0.25) is 0 Å². The fraction of sp³-hybridized carbons (Fsp3) is 0.0833. The molecule has 5 rings (SSSR count). The average Bonchev–Trinajstić information content (AvgIpc) is 3.39. The van der Waals surface area contributed by atoms with Crippen LogP contribution in [0.2, 0.25) is 0 Å². The van der Waals surface area contributed by atoms with Crippen molar-refractivity contribution in [2.75, 3.05) is 0 Å². The third-order valence-electron chi connectivity index (χ3n) is 4.76. The summed E-state index contributed by atoms with van der Waals surface area (Å²) in [4.78, 5) is 1.24. The minimum Gasteiger partial charge on any atom is -0.464 e. The summed E-state index contributed by atoms with van der Waals surface area (Å²) in [6.45, 7) is 1.79. The molecule has 0 saturated carbocycles. The molecule has 0 aliphatic rings. The molecule has 29 heavy (non-hydrogen) atoms. The molecule has 0 bridgehead atoms. The van der Waals surface area contributed by atoms with Crippen LogP contribution in [-0.4, -0.2) is 10.2 Å². The van der Waals surface area contributed by atoms with Gasteiger partial charge in [0.05, 0.1) is 6.26 Å². The minimum absolute atomic E-state index is 0.518. The molecule has 2 aromatic heterocycles. The van der Waals surface area contributed by atoms with Crippen molar-refractivity contribution in [3.8, 4) is 22.6 Å². The molecule has 0 N–H and O–H groups in total. The van der Waals surface area contributed by atoms with E-state index >= 15 is 0 Å². The standard InChI is InChI=1S/C24H18N2O2S/c1-16-25-26-24(28-16)19-9-12-23-21(13-19)22(14-27-23)18-7-10-20(11-8-18)29-15-17-5-3-2-4-6-17/h2-14H,15H2,1H3. The first-order chi connectivity index (χ1) is 14.3. The first-order valence-corrected chi connectivity index (χ1v) is 10.3. The highest BCUT2D eigenvalue weighted by Crippen LogP contribution is 2.34. The van der Waals surface area contributed by atoms with Crippen molar-refractivity contribution < 1.29 is 8.83 Å². The predicted molar refractivity (Wildman–Crippen MR) is 116 cm³/mol. The van der Waals surface area contributed by atoms with E-state index in [2.05, 4.69) is 58.7 Å². The van der Waals surface area contributed by atoms with Crippen LogP contribution in [0.5, 0.6) is 0 Å². The van der Waals surface area contributed by atoms with Gasteiger partial charge >= 0.3 is 0 Å². The lowest BCUT2D eigenvalue weighted by Crippen LogP contribution is -1.81. The maximum atomic E-state index is 5.76. The van der Waals surface area contributed by atoms with Crippen LogP contribution in [-0.2, 0) is 5.75 Å². The van der Waals surface area contributed by atoms with Gasteiger partial charge in [0.15, 0.2) is 0 Å². The van der Waals surface area contributed by atoms with Crippen molar-refractivity contribution in [3.05, 3.63) is 90.5 Å². The fourth-order valence-electron chi connectivity index (χ4n) is 3.27. The lowest BCUT2D eigenvalue weighted by molar-refractivity contribution is 0.533. The van der Waals surface area contributed by atoms with Crippen molar-refractivity contribution in [3.63, 3.8) is 0 Å².